The molecule has 0 aliphatic rings. The third-order valence-corrected chi connectivity index (χ3v) is 9.52. The minimum Gasteiger partial charge on any atom is -0.456 e. The van der Waals surface area contributed by atoms with Gasteiger partial charge in [0.25, 0.3) is 0 Å². The third kappa shape index (κ3) is 5.24. The molecular formula is C48H33NO. The molecule has 1 heterocycles. The van der Waals surface area contributed by atoms with Crippen LogP contribution in [0, 0.1) is 0 Å². The fourth-order valence-electron chi connectivity index (χ4n) is 7.25. The third-order valence-electron chi connectivity index (χ3n) is 9.52. The van der Waals surface area contributed by atoms with Crippen molar-refractivity contribution in [2.24, 2.45) is 0 Å². The lowest BCUT2D eigenvalue weighted by Crippen LogP contribution is -2.11. The zero-order chi connectivity index (χ0) is 33.3. The van der Waals surface area contributed by atoms with Gasteiger partial charge in [-0.15, -0.1) is 0 Å². The summed E-state index contributed by atoms with van der Waals surface area (Å²) in [5, 5.41) is 2.28. The Labute approximate surface area is 292 Å². The van der Waals surface area contributed by atoms with Gasteiger partial charge in [0, 0.05) is 27.7 Å². The number of hydrogen-bond donors (Lipinski definition) is 0. The molecule has 0 aliphatic carbocycles. The number of fused-ring (bicyclic) bond motifs is 3. The van der Waals surface area contributed by atoms with Crippen molar-refractivity contribution >= 4 is 39.0 Å². The molecule has 1 aromatic heterocycles. The molecule has 2 nitrogen and oxygen atoms in total. The van der Waals surface area contributed by atoms with Crippen molar-refractivity contribution in [1.82, 2.24) is 0 Å². The van der Waals surface area contributed by atoms with Gasteiger partial charge in [-0.2, -0.15) is 0 Å². The zero-order valence-corrected chi connectivity index (χ0v) is 27.4. The summed E-state index contributed by atoms with van der Waals surface area (Å²) >= 11 is 0. The van der Waals surface area contributed by atoms with Crippen molar-refractivity contribution in [2.75, 3.05) is 4.90 Å². The van der Waals surface area contributed by atoms with Crippen molar-refractivity contribution in [2.45, 2.75) is 0 Å². The highest BCUT2D eigenvalue weighted by Crippen LogP contribution is 2.45. The van der Waals surface area contributed by atoms with E-state index in [2.05, 4.69) is 193 Å². The standard InChI is InChI=1S/C48H33NO/c1-3-16-34(17-4-1)38-20-7-8-21-40(38)41-22-9-10-23-42(41)43-24-11-13-27-45(43)49(36-18-5-2-6-19-36)37-32-30-35(31-33-37)39-26-15-29-47-48(39)44-25-12-14-28-46(44)50-47/h1-33H. The minimum absolute atomic E-state index is 0.903. The quantitative estimate of drug-likeness (QED) is 0.173. The molecule has 0 radical (unpaired) electrons. The molecule has 0 amide bonds. The van der Waals surface area contributed by atoms with Crippen LogP contribution in [0.3, 0.4) is 0 Å². The summed E-state index contributed by atoms with van der Waals surface area (Å²) < 4.78 is 6.21. The van der Waals surface area contributed by atoms with Crippen molar-refractivity contribution in [3.63, 3.8) is 0 Å². The zero-order valence-electron chi connectivity index (χ0n) is 27.4. The molecule has 0 atom stereocenters. The number of rotatable bonds is 7. The molecule has 0 saturated carbocycles. The predicted molar refractivity (Wildman–Crippen MR) is 210 cm³/mol. The Hall–Kier alpha value is -6.64. The van der Waals surface area contributed by atoms with Gasteiger partial charge in [0.2, 0.25) is 0 Å². The van der Waals surface area contributed by atoms with Crippen LogP contribution in [-0.4, -0.2) is 0 Å². The highest BCUT2D eigenvalue weighted by Gasteiger charge is 2.20. The molecule has 0 aliphatic heterocycles. The molecule has 236 valence electrons. The Morgan fingerprint density at radius 2 is 0.780 bits per heavy atom. The van der Waals surface area contributed by atoms with Crippen molar-refractivity contribution in [3.8, 4) is 44.5 Å². The van der Waals surface area contributed by atoms with E-state index in [0.717, 1.165) is 55.7 Å². The maximum absolute atomic E-state index is 6.21. The van der Waals surface area contributed by atoms with Crippen LogP contribution in [0.4, 0.5) is 17.1 Å². The second-order valence-corrected chi connectivity index (χ2v) is 12.5. The summed E-state index contributed by atoms with van der Waals surface area (Å²) in [4.78, 5) is 2.37. The number of nitrogens with zero attached hydrogens (tertiary/aromatic N) is 1. The Morgan fingerprint density at radius 1 is 0.300 bits per heavy atom. The van der Waals surface area contributed by atoms with Gasteiger partial charge in [-0.25, -0.2) is 0 Å². The van der Waals surface area contributed by atoms with E-state index in [1.165, 1.54) is 27.8 Å². The highest BCUT2D eigenvalue weighted by molar-refractivity contribution is 6.12. The topological polar surface area (TPSA) is 16.4 Å². The van der Waals surface area contributed by atoms with E-state index in [1.54, 1.807) is 0 Å². The second kappa shape index (κ2) is 12.8. The van der Waals surface area contributed by atoms with E-state index >= 15 is 0 Å². The van der Waals surface area contributed by atoms with Gasteiger partial charge < -0.3 is 9.32 Å². The van der Waals surface area contributed by atoms with Gasteiger partial charge in [-0.1, -0.05) is 158 Å². The van der Waals surface area contributed by atoms with Crippen molar-refractivity contribution in [1.29, 1.82) is 0 Å². The van der Waals surface area contributed by atoms with Gasteiger partial charge in [-0.05, 0) is 81.4 Å². The lowest BCUT2D eigenvalue weighted by Gasteiger charge is -2.28. The average molecular weight is 640 g/mol. The first-order chi connectivity index (χ1) is 24.8. The maximum atomic E-state index is 6.21. The smallest absolute Gasteiger partial charge is 0.136 e. The summed E-state index contributed by atoms with van der Waals surface area (Å²) in [6.45, 7) is 0. The summed E-state index contributed by atoms with van der Waals surface area (Å²) in [5.41, 5.74) is 14.6. The Kier molecular flexibility index (Phi) is 7.53. The first-order valence-corrected chi connectivity index (χ1v) is 17.0. The second-order valence-electron chi connectivity index (χ2n) is 12.5. The average Bonchev–Trinajstić information content (AvgIpc) is 3.58. The van der Waals surface area contributed by atoms with E-state index in [0.29, 0.717) is 0 Å². The summed E-state index contributed by atoms with van der Waals surface area (Å²) in [7, 11) is 0. The fraction of sp³-hybridized carbons (Fsp3) is 0. The summed E-state index contributed by atoms with van der Waals surface area (Å²) in [6, 6.07) is 71.1. The summed E-state index contributed by atoms with van der Waals surface area (Å²) in [6.07, 6.45) is 0. The molecule has 0 fully saturated rings. The number of furan rings is 1. The van der Waals surface area contributed by atoms with Crippen molar-refractivity contribution < 1.29 is 4.42 Å². The SMILES string of the molecule is c1ccc(-c2ccccc2-c2ccccc2-c2ccccc2N(c2ccccc2)c2ccc(-c3cccc4oc5ccccc5c34)cc2)cc1. The van der Waals surface area contributed by atoms with Crippen LogP contribution in [0.1, 0.15) is 0 Å². The molecule has 0 N–H and O–H groups in total. The normalized spacial score (nSPS) is 11.2. The molecule has 9 rings (SSSR count). The van der Waals surface area contributed by atoms with Crippen LogP contribution in [0.25, 0.3) is 66.4 Å². The first-order valence-electron chi connectivity index (χ1n) is 17.0. The van der Waals surface area contributed by atoms with Crippen LogP contribution in [0.15, 0.2) is 205 Å². The number of hydrogen-bond acceptors (Lipinski definition) is 2. The molecule has 50 heavy (non-hydrogen) atoms. The largest absolute Gasteiger partial charge is 0.456 e. The molecule has 0 saturated heterocycles. The van der Waals surface area contributed by atoms with Crippen LogP contribution in [0.2, 0.25) is 0 Å². The van der Waals surface area contributed by atoms with Crippen LogP contribution >= 0.6 is 0 Å². The van der Waals surface area contributed by atoms with E-state index in [1.807, 2.05) is 12.1 Å². The van der Waals surface area contributed by atoms with E-state index in [4.69, 9.17) is 4.42 Å². The number of benzene rings is 8. The van der Waals surface area contributed by atoms with Crippen molar-refractivity contribution in [3.05, 3.63) is 200 Å². The van der Waals surface area contributed by atoms with E-state index in [9.17, 15) is 0 Å². The van der Waals surface area contributed by atoms with Gasteiger partial charge in [0.15, 0.2) is 0 Å². The Morgan fingerprint density at radius 3 is 1.52 bits per heavy atom. The Bertz CT molecular complexity index is 2580. The number of para-hydroxylation sites is 3. The monoisotopic (exact) mass is 639 g/mol. The first kappa shape index (κ1) is 29.5. The molecule has 2 heteroatoms. The van der Waals surface area contributed by atoms with E-state index in [-0.39, 0.29) is 0 Å². The number of anilines is 3. The van der Waals surface area contributed by atoms with Crippen LogP contribution in [0.5, 0.6) is 0 Å². The maximum Gasteiger partial charge on any atom is 0.136 e. The highest BCUT2D eigenvalue weighted by atomic mass is 16.3. The van der Waals surface area contributed by atoms with E-state index < -0.39 is 0 Å². The fourth-order valence-corrected chi connectivity index (χ4v) is 7.25. The van der Waals surface area contributed by atoms with Crippen LogP contribution in [-0.2, 0) is 0 Å². The molecule has 0 spiro atoms. The summed E-state index contributed by atoms with van der Waals surface area (Å²) in [5.74, 6) is 0. The lowest BCUT2D eigenvalue weighted by molar-refractivity contribution is 0.669. The molecule has 9 aromatic rings. The van der Waals surface area contributed by atoms with Gasteiger partial charge in [0.1, 0.15) is 11.2 Å². The molecular weight excluding hydrogens is 607 g/mol. The predicted octanol–water partition coefficient (Wildman–Crippen LogP) is 13.7. The van der Waals surface area contributed by atoms with Gasteiger partial charge >= 0.3 is 0 Å². The molecule has 8 aromatic carbocycles. The lowest BCUT2D eigenvalue weighted by atomic mass is 9.88. The molecule has 0 unspecified atom stereocenters. The molecule has 0 bridgehead atoms. The Balaban J connectivity index is 1.19. The van der Waals surface area contributed by atoms with Gasteiger partial charge in [-0.3, -0.25) is 0 Å². The minimum atomic E-state index is 0.903. The van der Waals surface area contributed by atoms with Crippen LogP contribution < -0.4 is 4.90 Å². The van der Waals surface area contributed by atoms with Gasteiger partial charge in [0.05, 0.1) is 5.69 Å².